The number of aryl methyl sites for hydroxylation is 1. The summed E-state index contributed by atoms with van der Waals surface area (Å²) in [6, 6.07) is 12.0. The van der Waals surface area contributed by atoms with Crippen LogP contribution in [0, 0.1) is 11.8 Å². The average Bonchev–Trinajstić information content (AvgIpc) is 3.34. The van der Waals surface area contributed by atoms with E-state index in [1.54, 1.807) is 30.4 Å². The summed E-state index contributed by atoms with van der Waals surface area (Å²) in [7, 11) is -3.33. The van der Waals surface area contributed by atoms with E-state index in [4.69, 9.17) is 26.2 Å². The number of carboxylic acid groups (broad SMARTS) is 1. The summed E-state index contributed by atoms with van der Waals surface area (Å²) in [5, 5.41) is 28.7. The monoisotopic (exact) mass is 928 g/mol. The van der Waals surface area contributed by atoms with Crippen LogP contribution in [-0.2, 0) is 26.6 Å². The predicted molar refractivity (Wildman–Crippen MR) is 235 cm³/mol. The highest BCUT2D eigenvalue weighted by Crippen LogP contribution is 2.46. The van der Waals surface area contributed by atoms with Gasteiger partial charge in [0.1, 0.15) is 5.75 Å². The molecule has 1 saturated carbocycles. The molecule has 3 aliphatic heterocycles. The number of anilines is 1. The van der Waals surface area contributed by atoms with Crippen LogP contribution in [0.25, 0.3) is 0 Å². The second-order valence-corrected chi connectivity index (χ2v) is 17.6. The van der Waals surface area contributed by atoms with Crippen molar-refractivity contribution >= 4 is 55.9 Å². The Bertz CT molecular complexity index is 1690. The zero-order chi connectivity index (χ0) is 40.9. The maximum atomic E-state index is 11.7. The van der Waals surface area contributed by atoms with Crippen molar-refractivity contribution in [2.75, 3.05) is 68.9 Å². The third-order valence-electron chi connectivity index (χ3n) is 11.8. The van der Waals surface area contributed by atoms with Gasteiger partial charge in [0.05, 0.1) is 42.4 Å². The van der Waals surface area contributed by atoms with Gasteiger partial charge in [-0.05, 0) is 110 Å². The van der Waals surface area contributed by atoms with E-state index >= 15 is 0 Å². The van der Waals surface area contributed by atoms with Crippen LogP contribution < -0.4 is 20.1 Å². The van der Waals surface area contributed by atoms with Gasteiger partial charge in [-0.3, -0.25) is 4.90 Å². The third-order valence-corrected chi connectivity index (χ3v) is 13.5. The van der Waals surface area contributed by atoms with E-state index in [9.17, 15) is 23.4 Å². The highest BCUT2D eigenvalue weighted by Gasteiger charge is 2.44. The number of primary sulfonamides is 1. The molecule has 56 heavy (non-hydrogen) atoms. The molecule has 0 radical (unpaired) electrons. The molecule has 0 bridgehead atoms. The number of alkyl halides is 1. The van der Waals surface area contributed by atoms with Crippen LogP contribution in [0.15, 0.2) is 61.7 Å². The summed E-state index contributed by atoms with van der Waals surface area (Å²) in [5.74, 6) is 0.282. The van der Waals surface area contributed by atoms with E-state index in [2.05, 4.69) is 63.0 Å². The molecule has 3 heterocycles. The number of aliphatic hydroxyl groups excluding tert-OH is 1. The van der Waals surface area contributed by atoms with Crippen LogP contribution in [-0.4, -0.2) is 111 Å². The van der Waals surface area contributed by atoms with Gasteiger partial charge in [-0.15, -0.1) is 13.2 Å². The summed E-state index contributed by atoms with van der Waals surface area (Å²) in [6.07, 6.45) is 9.77. The Morgan fingerprint density at radius 2 is 1.98 bits per heavy atom. The second-order valence-electron chi connectivity index (χ2n) is 15.3. The van der Waals surface area contributed by atoms with Gasteiger partial charge in [0.2, 0.25) is 10.0 Å². The van der Waals surface area contributed by atoms with E-state index in [0.29, 0.717) is 37.8 Å². The van der Waals surface area contributed by atoms with Crippen LogP contribution in [0.5, 0.6) is 5.75 Å². The summed E-state index contributed by atoms with van der Waals surface area (Å²) in [5.41, 5.74) is 3.44. The van der Waals surface area contributed by atoms with Crippen molar-refractivity contribution in [2.24, 2.45) is 17.0 Å². The first-order valence-corrected chi connectivity index (χ1v) is 23.9. The number of hydrogen-bond donors (Lipinski definition) is 4. The predicted octanol–water partition coefficient (Wildman–Crippen LogP) is 6.45. The average molecular weight is 929 g/mol. The molecule has 5 N–H and O–H groups in total. The lowest BCUT2D eigenvalue weighted by Gasteiger charge is -2.45. The number of aliphatic hydroxyl groups is 1. The van der Waals surface area contributed by atoms with Crippen LogP contribution in [0.3, 0.4) is 0 Å². The number of rotatable bonds is 10. The molecule has 11 nitrogen and oxygen atoms in total. The largest absolute Gasteiger partial charge is 0.490 e. The van der Waals surface area contributed by atoms with Gasteiger partial charge in [-0.25, -0.2) is 18.4 Å². The van der Waals surface area contributed by atoms with Crippen molar-refractivity contribution in [3.63, 3.8) is 0 Å². The molecule has 312 valence electrons. The van der Waals surface area contributed by atoms with Gasteiger partial charge < -0.3 is 29.9 Å². The third kappa shape index (κ3) is 12.2. The molecular weight excluding hydrogens is 867 g/mol. The van der Waals surface area contributed by atoms with E-state index in [1.807, 2.05) is 17.9 Å². The molecule has 2 aromatic carbocycles. The summed E-state index contributed by atoms with van der Waals surface area (Å²) >= 11 is 8.46. The van der Waals surface area contributed by atoms with E-state index in [1.165, 1.54) is 17.7 Å². The molecule has 0 unspecified atom stereocenters. The second kappa shape index (κ2) is 22.2. The number of aromatic carboxylic acids is 1. The lowest BCUT2D eigenvalue weighted by molar-refractivity contribution is -0.0168. The van der Waals surface area contributed by atoms with Gasteiger partial charge in [-0.2, -0.15) is 0 Å². The molecule has 14 heteroatoms. The fraction of sp³-hybridized carbons (Fsp3) is 0.595. The van der Waals surface area contributed by atoms with E-state index in [0.717, 1.165) is 94.5 Å². The minimum atomic E-state index is -3.33. The number of halogens is 2. The number of morpholine rings is 1. The minimum absolute atomic E-state index is 0.186. The number of sulfonamides is 1. The number of benzene rings is 2. The Kier molecular flexibility index (Phi) is 18.4. The highest BCUT2D eigenvalue weighted by atomic mass is 127. The Balaban J connectivity index is 0.000000246. The first kappa shape index (κ1) is 46.4. The van der Waals surface area contributed by atoms with Crippen molar-refractivity contribution in [1.29, 1.82) is 0 Å². The molecular formula is C42H62ClIN4O7S. The number of fused-ring (bicyclic) bond motifs is 4. The number of nitrogens with zero attached hydrogens (tertiary/aromatic N) is 2. The molecule has 2 saturated heterocycles. The molecule has 7 rings (SSSR count). The quantitative estimate of drug-likeness (QED) is 0.119. The van der Waals surface area contributed by atoms with Gasteiger partial charge in [0, 0.05) is 55.7 Å². The molecule has 6 atom stereocenters. The van der Waals surface area contributed by atoms with Crippen molar-refractivity contribution in [3.05, 3.63) is 83.4 Å². The highest BCUT2D eigenvalue weighted by molar-refractivity contribution is 14.1. The summed E-state index contributed by atoms with van der Waals surface area (Å²) < 4.78 is 33.4. The van der Waals surface area contributed by atoms with Crippen LogP contribution >= 0.6 is 34.2 Å². The number of hydrogen-bond acceptors (Lipinski definition) is 9. The van der Waals surface area contributed by atoms with Crippen molar-refractivity contribution < 1.29 is 32.9 Å². The first-order chi connectivity index (χ1) is 26.9. The number of nitrogens with two attached hydrogens (primary N) is 1. The maximum absolute atomic E-state index is 11.7. The first-order valence-electron chi connectivity index (χ1n) is 19.8. The van der Waals surface area contributed by atoms with Crippen LogP contribution in [0.2, 0.25) is 5.02 Å². The number of ether oxygens (including phenoxy) is 2. The van der Waals surface area contributed by atoms with Crippen molar-refractivity contribution in [1.82, 2.24) is 10.2 Å². The number of allylic oxidation sites excluding steroid dienone is 1. The molecule has 5 aliphatic rings. The SMILES string of the molecule is C1CN2CCOC[C@@H]2CN1.C=CCC[C@@H](CC)S(N)(=O)=O.C=C[C@H](O)[C@@H]1CC[C@H]1CN1C[C@@]2(CCCc3cc(Cl)ccc32)COc2ccc(C(=O)O)cc21.CI. The summed E-state index contributed by atoms with van der Waals surface area (Å²) in [4.78, 5) is 18.5. The van der Waals surface area contributed by atoms with Crippen molar-refractivity contribution in [3.8, 4) is 5.75 Å². The van der Waals surface area contributed by atoms with Gasteiger partial charge in [0.15, 0.2) is 0 Å². The minimum Gasteiger partial charge on any atom is -0.490 e. The molecule has 0 aromatic heterocycles. The van der Waals surface area contributed by atoms with Crippen molar-refractivity contribution in [2.45, 2.75) is 81.1 Å². The fourth-order valence-corrected chi connectivity index (χ4v) is 9.67. The maximum Gasteiger partial charge on any atom is 0.335 e. The Morgan fingerprint density at radius 1 is 1.20 bits per heavy atom. The standard InChI is InChI=1S/C27H30ClNO4.C7H14N2O.C7H15NO2S.CH3I/c1-2-24(30)21-8-5-19(21)14-29-15-27(11-3-4-17-12-20(28)7-9-22(17)27)16-33-25-10-6-18(26(31)32)13-23(25)29;1-2-9-3-4-10-6-7(9)5-8-1;1-3-5-6-7(4-2)11(8,9)10;1-2/h2,6-7,9-10,12-13,19,21,24,30H,1,3-5,8,11,14-16H2,(H,31,32);7-8H,1-6H2;3,7H,1,4-6H2,2H3,(H2,8,9,10);1H3/t19-,21+,24-,27-;2*7-;/m001./s1. The number of carboxylic acids is 1. The smallest absolute Gasteiger partial charge is 0.335 e. The normalized spacial score (nSPS) is 25.1. The van der Waals surface area contributed by atoms with Crippen LogP contribution in [0.1, 0.15) is 73.4 Å². The number of nitrogens with one attached hydrogen (secondary N) is 1. The lowest BCUT2D eigenvalue weighted by Crippen LogP contribution is -2.56. The fourth-order valence-electron chi connectivity index (χ4n) is 8.54. The Labute approximate surface area is 353 Å². The van der Waals surface area contributed by atoms with Gasteiger partial charge >= 0.3 is 5.97 Å². The Hall–Kier alpha value is -2.24. The van der Waals surface area contributed by atoms with Crippen LogP contribution in [0.4, 0.5) is 5.69 Å². The molecule has 0 amide bonds. The number of carbonyl (C=O) groups is 1. The molecule has 2 aliphatic carbocycles. The zero-order valence-electron chi connectivity index (χ0n) is 33.0. The van der Waals surface area contributed by atoms with Gasteiger partial charge in [-0.1, -0.05) is 59.3 Å². The summed E-state index contributed by atoms with van der Waals surface area (Å²) in [6.45, 7) is 17.6. The lowest BCUT2D eigenvalue weighted by atomic mass is 9.68. The van der Waals surface area contributed by atoms with Gasteiger partial charge in [0.25, 0.3) is 0 Å². The number of piperazine rings is 1. The topological polar surface area (TPSA) is 155 Å². The molecule has 2 aromatic rings. The molecule has 1 spiro atoms. The van der Waals surface area contributed by atoms with E-state index < -0.39 is 27.3 Å². The van der Waals surface area contributed by atoms with E-state index in [-0.39, 0.29) is 16.9 Å². The molecule has 3 fully saturated rings. The zero-order valence-corrected chi connectivity index (χ0v) is 36.7. The Morgan fingerprint density at radius 3 is 2.62 bits per heavy atom.